The van der Waals surface area contributed by atoms with Gasteiger partial charge in [0.05, 0.1) is 23.2 Å². The van der Waals surface area contributed by atoms with Crippen molar-refractivity contribution in [1.29, 1.82) is 0 Å². The molecule has 1 N–H and O–H groups in total. The van der Waals surface area contributed by atoms with E-state index in [1.54, 1.807) is 58.0 Å². The monoisotopic (exact) mass is 574 g/mol. The van der Waals surface area contributed by atoms with Crippen LogP contribution >= 0.6 is 23.4 Å². The third kappa shape index (κ3) is 5.52. The van der Waals surface area contributed by atoms with E-state index in [0.29, 0.717) is 36.5 Å². The Bertz CT molecular complexity index is 1100. The van der Waals surface area contributed by atoms with E-state index in [1.165, 1.54) is 0 Å². The summed E-state index contributed by atoms with van der Waals surface area (Å²) in [5.74, 6) is -1.87. The lowest BCUT2D eigenvalue weighted by atomic mass is 9.66. The Labute approximate surface area is 240 Å². The van der Waals surface area contributed by atoms with E-state index in [2.05, 4.69) is 13.2 Å². The van der Waals surface area contributed by atoms with Crippen molar-refractivity contribution in [1.82, 2.24) is 4.90 Å². The van der Waals surface area contributed by atoms with Gasteiger partial charge in [-0.3, -0.25) is 14.4 Å². The Morgan fingerprint density at radius 1 is 1.18 bits per heavy atom. The number of likely N-dealkylation sites (tertiary alicyclic amines) is 1. The van der Waals surface area contributed by atoms with Crippen LogP contribution in [0.4, 0.5) is 5.69 Å². The maximum Gasteiger partial charge on any atom is 0.311 e. The number of aliphatic hydroxyl groups is 1. The van der Waals surface area contributed by atoms with Gasteiger partial charge in [-0.05, 0) is 63.3 Å². The summed E-state index contributed by atoms with van der Waals surface area (Å²) in [6, 6.07) is 6.38. The van der Waals surface area contributed by atoms with Gasteiger partial charge in [0.1, 0.15) is 6.04 Å². The van der Waals surface area contributed by atoms with Gasteiger partial charge in [0, 0.05) is 35.2 Å². The smallest absolute Gasteiger partial charge is 0.311 e. The summed E-state index contributed by atoms with van der Waals surface area (Å²) < 4.78 is 4.44. The summed E-state index contributed by atoms with van der Waals surface area (Å²) in [4.78, 5) is 45.5. The number of unbranched alkanes of at least 4 members (excludes halogenated alkanes) is 3. The van der Waals surface area contributed by atoms with Gasteiger partial charge in [-0.2, -0.15) is 0 Å². The van der Waals surface area contributed by atoms with E-state index in [-0.39, 0.29) is 37.5 Å². The predicted octanol–water partition coefficient (Wildman–Crippen LogP) is 5.01. The molecule has 0 aliphatic carbocycles. The number of amides is 2. The standard InChI is InChI=1S/C30H39ClN2O5S/c1-4-6-20-38-28(37)24-23-26(35)33(18-9-7-8-10-19-34)25(30(23)16-15-29(24,3)39-30)27(36)32(17-5-2)22-13-11-21(31)12-14-22/h4-5,11-14,23-25,34H,1-2,6-10,15-20H2,3H3/t23-,24-,25?,29+,30?/m0/s1. The fourth-order valence-electron chi connectivity index (χ4n) is 6.60. The molecule has 212 valence electrons. The van der Waals surface area contributed by atoms with Gasteiger partial charge in [0.15, 0.2) is 0 Å². The second-order valence-corrected chi connectivity index (χ2v) is 13.2. The molecule has 3 aliphatic rings. The zero-order chi connectivity index (χ0) is 28.2. The zero-order valence-corrected chi connectivity index (χ0v) is 24.2. The van der Waals surface area contributed by atoms with Crippen molar-refractivity contribution in [2.24, 2.45) is 11.8 Å². The number of rotatable bonds is 14. The highest BCUT2D eigenvalue weighted by Crippen LogP contribution is 2.71. The summed E-state index contributed by atoms with van der Waals surface area (Å²) in [6.07, 6.45) is 8.46. The number of esters is 1. The van der Waals surface area contributed by atoms with E-state index in [0.717, 1.165) is 25.7 Å². The second-order valence-electron chi connectivity index (χ2n) is 10.9. The number of halogens is 1. The average Bonchev–Trinajstić information content (AvgIpc) is 3.48. The summed E-state index contributed by atoms with van der Waals surface area (Å²) in [5.41, 5.74) is 0.684. The predicted molar refractivity (Wildman–Crippen MR) is 156 cm³/mol. The topological polar surface area (TPSA) is 87.1 Å². The first-order chi connectivity index (χ1) is 18.7. The SMILES string of the molecule is C=CCCOC(=O)[C@@H]1[C@H]2C(=O)N(CCCCCCO)C(C(=O)N(CC=C)c3ccc(Cl)cc3)C23CC[C@@]1(C)S3. The first kappa shape index (κ1) is 29.7. The van der Waals surface area contributed by atoms with Crippen LogP contribution in [0.5, 0.6) is 0 Å². The Hall–Kier alpha value is -2.29. The molecule has 1 aromatic carbocycles. The second kappa shape index (κ2) is 12.5. The number of nitrogens with zero attached hydrogens (tertiary/aromatic N) is 2. The van der Waals surface area contributed by atoms with Crippen molar-refractivity contribution in [3.05, 3.63) is 54.6 Å². The highest BCUT2D eigenvalue weighted by molar-refractivity contribution is 8.02. The number of carbonyl (C=O) groups is 3. The molecule has 39 heavy (non-hydrogen) atoms. The highest BCUT2D eigenvalue weighted by Gasteiger charge is 2.77. The van der Waals surface area contributed by atoms with Gasteiger partial charge in [-0.1, -0.05) is 36.6 Å². The lowest BCUT2D eigenvalue weighted by molar-refractivity contribution is -0.155. The summed E-state index contributed by atoms with van der Waals surface area (Å²) in [5, 5.41) is 9.72. The molecule has 2 unspecified atom stereocenters. The lowest BCUT2D eigenvalue weighted by Gasteiger charge is -2.37. The fourth-order valence-corrected chi connectivity index (χ4v) is 9.07. The van der Waals surface area contributed by atoms with Crippen LogP contribution in [0.3, 0.4) is 0 Å². The Morgan fingerprint density at radius 2 is 1.90 bits per heavy atom. The first-order valence-electron chi connectivity index (χ1n) is 13.8. The fraction of sp³-hybridized carbons (Fsp3) is 0.567. The quantitative estimate of drug-likeness (QED) is 0.191. The van der Waals surface area contributed by atoms with Gasteiger partial charge in [-0.25, -0.2) is 0 Å². The summed E-state index contributed by atoms with van der Waals surface area (Å²) >= 11 is 7.76. The molecule has 0 aromatic heterocycles. The third-order valence-corrected chi connectivity index (χ3v) is 10.6. The Kier molecular flexibility index (Phi) is 9.50. The summed E-state index contributed by atoms with van der Waals surface area (Å²) in [7, 11) is 0. The van der Waals surface area contributed by atoms with Crippen LogP contribution in [0.25, 0.3) is 0 Å². The number of carbonyl (C=O) groups excluding carboxylic acids is 3. The number of thioether (sulfide) groups is 1. The average molecular weight is 575 g/mol. The van der Waals surface area contributed by atoms with Crippen LogP contribution in [0.1, 0.15) is 51.9 Å². The molecule has 3 saturated heterocycles. The molecule has 1 spiro atoms. The minimum atomic E-state index is -0.707. The van der Waals surface area contributed by atoms with Crippen molar-refractivity contribution < 1.29 is 24.2 Å². The Balaban J connectivity index is 1.70. The molecule has 1 aromatic rings. The van der Waals surface area contributed by atoms with E-state index in [4.69, 9.17) is 21.4 Å². The first-order valence-corrected chi connectivity index (χ1v) is 15.0. The molecule has 0 radical (unpaired) electrons. The normalized spacial score (nSPS) is 28.8. The van der Waals surface area contributed by atoms with Crippen LogP contribution in [0.2, 0.25) is 5.02 Å². The van der Waals surface area contributed by atoms with E-state index in [1.807, 2.05) is 6.92 Å². The van der Waals surface area contributed by atoms with Crippen molar-refractivity contribution in [3.63, 3.8) is 0 Å². The molecule has 9 heteroatoms. The van der Waals surface area contributed by atoms with Crippen LogP contribution < -0.4 is 4.90 Å². The number of hydrogen-bond donors (Lipinski definition) is 1. The zero-order valence-electron chi connectivity index (χ0n) is 22.6. The van der Waals surface area contributed by atoms with Crippen molar-refractivity contribution >= 4 is 46.8 Å². The van der Waals surface area contributed by atoms with Crippen LogP contribution in [-0.2, 0) is 19.1 Å². The number of hydrogen-bond acceptors (Lipinski definition) is 6. The van der Waals surface area contributed by atoms with Gasteiger partial charge < -0.3 is 19.6 Å². The minimum absolute atomic E-state index is 0.133. The molecule has 2 amide bonds. The number of fused-ring (bicyclic) bond motifs is 1. The molecule has 4 rings (SSSR count). The molecule has 3 heterocycles. The lowest BCUT2D eigenvalue weighted by Crippen LogP contribution is -2.55. The van der Waals surface area contributed by atoms with Crippen LogP contribution in [0.15, 0.2) is 49.6 Å². The molecular formula is C30H39ClN2O5S. The Morgan fingerprint density at radius 3 is 2.56 bits per heavy atom. The van der Waals surface area contributed by atoms with Crippen molar-refractivity contribution in [3.8, 4) is 0 Å². The maximum atomic E-state index is 14.5. The molecule has 5 atom stereocenters. The molecule has 2 bridgehead atoms. The van der Waals surface area contributed by atoms with Gasteiger partial charge >= 0.3 is 5.97 Å². The molecule has 3 aliphatic heterocycles. The highest BCUT2D eigenvalue weighted by atomic mass is 35.5. The minimum Gasteiger partial charge on any atom is -0.465 e. The van der Waals surface area contributed by atoms with Crippen LogP contribution in [0, 0.1) is 11.8 Å². The summed E-state index contributed by atoms with van der Waals surface area (Å²) in [6.45, 7) is 10.7. The molecule has 3 fully saturated rings. The van der Waals surface area contributed by atoms with E-state index >= 15 is 0 Å². The molecular weight excluding hydrogens is 536 g/mol. The number of benzene rings is 1. The molecule has 0 saturated carbocycles. The van der Waals surface area contributed by atoms with E-state index < -0.39 is 27.4 Å². The van der Waals surface area contributed by atoms with Gasteiger partial charge in [0.25, 0.3) is 5.91 Å². The molecule has 7 nitrogen and oxygen atoms in total. The van der Waals surface area contributed by atoms with Crippen LogP contribution in [-0.4, -0.2) is 69.6 Å². The van der Waals surface area contributed by atoms with Gasteiger partial charge in [-0.15, -0.1) is 24.9 Å². The van der Waals surface area contributed by atoms with Crippen molar-refractivity contribution in [2.75, 3.05) is 31.2 Å². The third-order valence-electron chi connectivity index (χ3n) is 8.35. The van der Waals surface area contributed by atoms with Crippen molar-refractivity contribution in [2.45, 2.75) is 67.4 Å². The number of anilines is 1. The number of aliphatic hydroxyl groups excluding tert-OH is 1. The van der Waals surface area contributed by atoms with E-state index in [9.17, 15) is 14.4 Å². The largest absolute Gasteiger partial charge is 0.465 e. The van der Waals surface area contributed by atoms with Gasteiger partial charge in [0.2, 0.25) is 5.91 Å². The number of ether oxygens (including phenoxy) is 1. The maximum absolute atomic E-state index is 14.5.